The van der Waals surface area contributed by atoms with Gasteiger partial charge in [0.2, 0.25) is 0 Å². The Balaban J connectivity index is 1.42. The van der Waals surface area contributed by atoms with Gasteiger partial charge in [-0.2, -0.15) is 5.26 Å². The van der Waals surface area contributed by atoms with E-state index in [1.54, 1.807) is 31.2 Å². The first-order chi connectivity index (χ1) is 13.2. The second kappa shape index (κ2) is 7.39. The van der Waals surface area contributed by atoms with E-state index in [0.29, 0.717) is 23.9 Å². The van der Waals surface area contributed by atoms with Crippen molar-refractivity contribution in [1.82, 2.24) is 19.7 Å². The van der Waals surface area contributed by atoms with Crippen LogP contribution >= 0.6 is 0 Å². The number of likely N-dealkylation sites (tertiary alicyclic amines) is 1. The van der Waals surface area contributed by atoms with Crippen molar-refractivity contribution in [3.05, 3.63) is 42.0 Å². The molecule has 1 aliphatic heterocycles. The molecule has 1 aromatic heterocycles. The summed E-state index contributed by atoms with van der Waals surface area (Å²) >= 11 is 0. The number of benzene rings is 1. The van der Waals surface area contributed by atoms with Gasteiger partial charge in [-0.05, 0) is 50.8 Å². The molecule has 7 nitrogen and oxygen atoms in total. The Morgan fingerprint density at radius 2 is 2.22 bits per heavy atom. The summed E-state index contributed by atoms with van der Waals surface area (Å²) in [6.45, 7) is 3.15. The molecule has 1 aromatic carbocycles. The summed E-state index contributed by atoms with van der Waals surface area (Å²) in [5.41, 5.74) is 0.518. The molecular formula is C20H23N5O2. The number of amides is 1. The van der Waals surface area contributed by atoms with Gasteiger partial charge in [-0.1, -0.05) is 6.07 Å². The van der Waals surface area contributed by atoms with Crippen molar-refractivity contribution in [2.24, 2.45) is 0 Å². The molecule has 1 amide bonds. The molecule has 1 aliphatic carbocycles. The van der Waals surface area contributed by atoms with E-state index >= 15 is 0 Å². The summed E-state index contributed by atoms with van der Waals surface area (Å²) in [5.74, 6) is 1.74. The fourth-order valence-electron chi connectivity index (χ4n) is 3.72. The van der Waals surface area contributed by atoms with Gasteiger partial charge >= 0.3 is 0 Å². The maximum absolute atomic E-state index is 12.9. The smallest absolute Gasteiger partial charge is 0.263 e. The third-order valence-electron chi connectivity index (χ3n) is 5.26. The maximum Gasteiger partial charge on any atom is 0.263 e. The van der Waals surface area contributed by atoms with Crippen LogP contribution in [0.3, 0.4) is 0 Å². The Morgan fingerprint density at radius 1 is 1.37 bits per heavy atom. The number of carbonyl (C=O) groups excluding carboxylic acids is 1. The zero-order valence-electron chi connectivity index (χ0n) is 15.4. The number of hydrogen-bond donors (Lipinski definition) is 0. The molecular weight excluding hydrogens is 342 g/mol. The van der Waals surface area contributed by atoms with Gasteiger partial charge in [0, 0.05) is 25.0 Å². The average molecular weight is 365 g/mol. The maximum atomic E-state index is 12.9. The fourth-order valence-corrected chi connectivity index (χ4v) is 3.72. The van der Waals surface area contributed by atoms with Crippen molar-refractivity contribution in [3.63, 3.8) is 0 Å². The summed E-state index contributed by atoms with van der Waals surface area (Å²) in [6.07, 6.45) is 5.57. The number of carbonyl (C=O) groups is 1. The van der Waals surface area contributed by atoms with E-state index in [4.69, 9.17) is 10.00 Å². The Morgan fingerprint density at radius 3 is 3.00 bits per heavy atom. The normalized spacial score (nSPS) is 20.7. The van der Waals surface area contributed by atoms with Crippen LogP contribution in [-0.2, 0) is 4.79 Å². The number of piperidine rings is 1. The van der Waals surface area contributed by atoms with Gasteiger partial charge in [0.25, 0.3) is 5.91 Å². The van der Waals surface area contributed by atoms with E-state index in [2.05, 4.69) is 20.8 Å². The quantitative estimate of drug-likeness (QED) is 0.813. The summed E-state index contributed by atoms with van der Waals surface area (Å²) < 4.78 is 7.98. The number of nitrogens with zero attached hydrogens (tertiary/aromatic N) is 5. The number of nitriles is 1. The fraction of sp³-hybridized carbons (Fsp3) is 0.500. The molecule has 0 bridgehead atoms. The lowest BCUT2D eigenvalue weighted by molar-refractivity contribution is -0.139. The van der Waals surface area contributed by atoms with Crippen LogP contribution in [0.25, 0.3) is 0 Å². The van der Waals surface area contributed by atoms with Gasteiger partial charge in [-0.3, -0.25) is 4.79 Å². The number of ether oxygens (including phenoxy) is 1. The number of hydrogen-bond acceptors (Lipinski definition) is 5. The van der Waals surface area contributed by atoms with Crippen molar-refractivity contribution < 1.29 is 9.53 Å². The summed E-state index contributed by atoms with van der Waals surface area (Å²) in [4.78, 5) is 14.8. The van der Waals surface area contributed by atoms with Crippen LogP contribution in [-0.4, -0.2) is 44.8 Å². The lowest BCUT2D eigenvalue weighted by atomic mass is 9.96. The second-order valence-corrected chi connectivity index (χ2v) is 7.35. The van der Waals surface area contributed by atoms with Crippen molar-refractivity contribution >= 4 is 5.91 Å². The van der Waals surface area contributed by atoms with Crippen LogP contribution < -0.4 is 4.74 Å². The van der Waals surface area contributed by atoms with Gasteiger partial charge in [0.1, 0.15) is 17.9 Å². The molecule has 1 saturated heterocycles. The zero-order chi connectivity index (χ0) is 18.8. The highest BCUT2D eigenvalue weighted by Gasteiger charge is 2.33. The van der Waals surface area contributed by atoms with E-state index < -0.39 is 6.10 Å². The third-order valence-corrected chi connectivity index (χ3v) is 5.26. The first-order valence-electron chi connectivity index (χ1n) is 9.50. The molecule has 0 spiro atoms. The Labute approximate surface area is 158 Å². The highest BCUT2D eigenvalue weighted by molar-refractivity contribution is 5.81. The molecule has 7 heteroatoms. The van der Waals surface area contributed by atoms with Crippen molar-refractivity contribution in [3.8, 4) is 11.8 Å². The minimum Gasteiger partial charge on any atom is -0.481 e. The first kappa shape index (κ1) is 17.5. The molecule has 140 valence electrons. The van der Waals surface area contributed by atoms with Crippen LogP contribution in [0, 0.1) is 11.3 Å². The summed E-state index contributed by atoms with van der Waals surface area (Å²) in [5, 5.41) is 17.4. The highest BCUT2D eigenvalue weighted by atomic mass is 16.5. The van der Waals surface area contributed by atoms with Gasteiger partial charge in [-0.25, -0.2) is 0 Å². The van der Waals surface area contributed by atoms with Crippen LogP contribution in [0.2, 0.25) is 0 Å². The summed E-state index contributed by atoms with van der Waals surface area (Å²) in [6, 6.07) is 9.51. The number of aromatic nitrogens is 3. The molecule has 2 heterocycles. The number of rotatable bonds is 5. The molecule has 2 atom stereocenters. The SMILES string of the molecule is C[C@H](Oc1cccc(C#N)c1)C(=O)N1CCC[C@@H](c2nncn2C2CC2)C1. The molecule has 27 heavy (non-hydrogen) atoms. The highest BCUT2D eigenvalue weighted by Crippen LogP contribution is 2.38. The first-order valence-corrected chi connectivity index (χ1v) is 9.50. The topological polar surface area (TPSA) is 84.0 Å². The molecule has 1 saturated carbocycles. The van der Waals surface area contributed by atoms with Crippen molar-refractivity contribution in [2.75, 3.05) is 13.1 Å². The van der Waals surface area contributed by atoms with Crippen LogP contribution in [0.5, 0.6) is 5.75 Å². The van der Waals surface area contributed by atoms with E-state index in [0.717, 1.165) is 25.2 Å². The standard InChI is InChI=1S/C20H23N5O2/c1-14(27-18-6-2-4-15(10-18)11-21)20(26)24-9-3-5-16(12-24)19-23-22-13-25(19)17-7-8-17/h2,4,6,10,13-14,16-17H,3,5,7-9,12H2,1H3/t14-,16+/m0/s1. The largest absolute Gasteiger partial charge is 0.481 e. The Hall–Kier alpha value is -2.88. The van der Waals surface area contributed by atoms with Crippen LogP contribution in [0.1, 0.15) is 56.0 Å². The van der Waals surface area contributed by atoms with Crippen LogP contribution in [0.4, 0.5) is 0 Å². The predicted octanol–water partition coefficient (Wildman–Crippen LogP) is 2.66. The monoisotopic (exact) mass is 365 g/mol. The van der Waals surface area contributed by atoms with Gasteiger partial charge in [-0.15, -0.1) is 10.2 Å². The molecule has 0 radical (unpaired) electrons. The minimum absolute atomic E-state index is 0.0282. The lowest BCUT2D eigenvalue weighted by Crippen LogP contribution is -2.45. The van der Waals surface area contributed by atoms with E-state index in [9.17, 15) is 4.79 Å². The molecule has 4 rings (SSSR count). The lowest BCUT2D eigenvalue weighted by Gasteiger charge is -2.34. The zero-order valence-corrected chi connectivity index (χ0v) is 15.4. The molecule has 0 N–H and O–H groups in total. The second-order valence-electron chi connectivity index (χ2n) is 7.35. The van der Waals surface area contributed by atoms with Gasteiger partial charge in [0.05, 0.1) is 11.6 Å². The molecule has 2 aromatic rings. The van der Waals surface area contributed by atoms with E-state index in [1.165, 1.54) is 12.8 Å². The van der Waals surface area contributed by atoms with E-state index in [1.807, 2.05) is 11.2 Å². The third kappa shape index (κ3) is 3.80. The predicted molar refractivity (Wildman–Crippen MR) is 98.1 cm³/mol. The molecule has 2 aliphatic rings. The summed E-state index contributed by atoms with van der Waals surface area (Å²) in [7, 11) is 0. The Bertz CT molecular complexity index is 867. The molecule has 0 unspecified atom stereocenters. The Kier molecular flexibility index (Phi) is 4.80. The average Bonchev–Trinajstić information content (AvgIpc) is 3.43. The van der Waals surface area contributed by atoms with Crippen LogP contribution in [0.15, 0.2) is 30.6 Å². The minimum atomic E-state index is -0.598. The van der Waals surface area contributed by atoms with Gasteiger partial charge in [0.15, 0.2) is 6.10 Å². The van der Waals surface area contributed by atoms with Gasteiger partial charge < -0.3 is 14.2 Å². The van der Waals surface area contributed by atoms with E-state index in [-0.39, 0.29) is 11.8 Å². The van der Waals surface area contributed by atoms with Crippen molar-refractivity contribution in [2.45, 2.75) is 50.7 Å². The molecule has 2 fully saturated rings. The van der Waals surface area contributed by atoms with Crippen molar-refractivity contribution in [1.29, 1.82) is 5.26 Å².